The van der Waals surface area contributed by atoms with Gasteiger partial charge in [-0.2, -0.15) is 0 Å². The van der Waals surface area contributed by atoms with Crippen LogP contribution in [0.1, 0.15) is 12.8 Å². The average Bonchev–Trinajstić information content (AvgIpc) is 2.05. The fourth-order valence-corrected chi connectivity index (χ4v) is 0.625. The molecule has 0 saturated carbocycles. The molecule has 0 unspecified atom stereocenters. The third-order valence-corrected chi connectivity index (χ3v) is 1.21. The second-order valence-corrected chi connectivity index (χ2v) is 2.06. The normalized spacial score (nSPS) is 11.2. The van der Waals surface area contributed by atoms with Crippen molar-refractivity contribution in [3.05, 3.63) is 11.6 Å². The highest BCUT2D eigenvalue weighted by molar-refractivity contribution is 5.73. The van der Waals surface area contributed by atoms with Gasteiger partial charge in [-0.15, -0.1) is 0 Å². The largest absolute Gasteiger partial charge is 0.381 e. The topological polar surface area (TPSA) is 43.4 Å². The zero-order chi connectivity index (χ0) is 8.53. The van der Waals surface area contributed by atoms with Crippen molar-refractivity contribution in [1.82, 2.24) is 0 Å². The lowest BCUT2D eigenvalue weighted by atomic mass is 10.1. The Labute approximate surface area is 66.0 Å². The average molecular weight is 156 g/mol. The highest BCUT2D eigenvalue weighted by Gasteiger charge is 1.92. The fourth-order valence-electron chi connectivity index (χ4n) is 0.625. The number of aldehydes is 2. The number of carbonyl (C=O) groups is 2. The molecule has 11 heavy (non-hydrogen) atoms. The molecule has 0 spiro atoms. The van der Waals surface area contributed by atoms with Gasteiger partial charge in [0.15, 0.2) is 0 Å². The summed E-state index contributed by atoms with van der Waals surface area (Å²) in [6.07, 6.45) is 4.13. The van der Waals surface area contributed by atoms with Crippen LogP contribution in [0.15, 0.2) is 11.6 Å². The first kappa shape index (κ1) is 10.0. The Morgan fingerprint density at radius 3 is 2.64 bits per heavy atom. The Balaban J connectivity index is 3.72. The SMILES string of the molecule is COC/C=C(/C=O)CCC=O. The minimum absolute atomic E-state index is 0.397. The van der Waals surface area contributed by atoms with Gasteiger partial charge < -0.3 is 9.53 Å². The second-order valence-electron chi connectivity index (χ2n) is 2.06. The third-order valence-electron chi connectivity index (χ3n) is 1.21. The van der Waals surface area contributed by atoms with Gasteiger partial charge in [0.05, 0.1) is 6.61 Å². The molecule has 0 aromatic heterocycles. The highest BCUT2D eigenvalue weighted by atomic mass is 16.5. The van der Waals surface area contributed by atoms with Crippen molar-refractivity contribution in [2.75, 3.05) is 13.7 Å². The number of allylic oxidation sites excluding steroid dienone is 1. The lowest BCUT2D eigenvalue weighted by Crippen LogP contribution is -1.90. The molecule has 62 valence electrons. The van der Waals surface area contributed by atoms with Gasteiger partial charge in [0.25, 0.3) is 0 Å². The number of carbonyl (C=O) groups excluding carboxylic acids is 2. The minimum atomic E-state index is 0.397. The van der Waals surface area contributed by atoms with Gasteiger partial charge in [-0.3, -0.25) is 4.79 Å². The molecule has 0 rings (SSSR count). The quantitative estimate of drug-likeness (QED) is 0.420. The van der Waals surface area contributed by atoms with E-state index in [2.05, 4.69) is 0 Å². The van der Waals surface area contributed by atoms with Crippen molar-refractivity contribution < 1.29 is 14.3 Å². The molecule has 0 bridgehead atoms. The fraction of sp³-hybridized carbons (Fsp3) is 0.500. The first-order chi connectivity index (χ1) is 5.35. The molecule has 0 fully saturated rings. The summed E-state index contributed by atoms with van der Waals surface area (Å²) in [4.78, 5) is 20.2. The molecule has 0 aromatic carbocycles. The first-order valence-electron chi connectivity index (χ1n) is 3.42. The number of hydrogen-bond acceptors (Lipinski definition) is 3. The van der Waals surface area contributed by atoms with Gasteiger partial charge >= 0.3 is 0 Å². The Kier molecular flexibility index (Phi) is 6.53. The summed E-state index contributed by atoms with van der Waals surface area (Å²) in [5.41, 5.74) is 0.624. The second kappa shape index (κ2) is 7.15. The number of hydrogen-bond donors (Lipinski definition) is 0. The van der Waals surface area contributed by atoms with Crippen molar-refractivity contribution in [3.63, 3.8) is 0 Å². The van der Waals surface area contributed by atoms with E-state index in [-0.39, 0.29) is 0 Å². The van der Waals surface area contributed by atoms with Crippen molar-refractivity contribution in [2.45, 2.75) is 12.8 Å². The van der Waals surface area contributed by atoms with Crippen LogP contribution in [0.5, 0.6) is 0 Å². The van der Waals surface area contributed by atoms with E-state index in [4.69, 9.17) is 4.74 Å². The molecule has 0 amide bonds. The lowest BCUT2D eigenvalue weighted by Gasteiger charge is -1.94. The molecule has 3 nitrogen and oxygen atoms in total. The van der Waals surface area contributed by atoms with Gasteiger partial charge in [0.2, 0.25) is 0 Å². The molecule has 0 atom stereocenters. The molecule has 0 saturated heterocycles. The van der Waals surface area contributed by atoms with Gasteiger partial charge in [-0.1, -0.05) is 6.08 Å². The third kappa shape index (κ3) is 5.48. The van der Waals surface area contributed by atoms with E-state index in [0.29, 0.717) is 25.0 Å². The van der Waals surface area contributed by atoms with E-state index < -0.39 is 0 Å². The zero-order valence-corrected chi connectivity index (χ0v) is 6.58. The highest BCUT2D eigenvalue weighted by Crippen LogP contribution is 1.99. The summed E-state index contributed by atoms with van der Waals surface area (Å²) < 4.78 is 4.73. The first-order valence-corrected chi connectivity index (χ1v) is 3.42. The molecule has 0 heterocycles. The summed E-state index contributed by atoms with van der Waals surface area (Å²) in [5.74, 6) is 0. The summed E-state index contributed by atoms with van der Waals surface area (Å²) in [5, 5.41) is 0. The van der Waals surface area contributed by atoms with Crippen LogP contribution in [-0.2, 0) is 14.3 Å². The van der Waals surface area contributed by atoms with Crippen molar-refractivity contribution in [1.29, 1.82) is 0 Å². The van der Waals surface area contributed by atoms with Crippen LogP contribution >= 0.6 is 0 Å². The summed E-state index contributed by atoms with van der Waals surface area (Å²) in [6, 6.07) is 0. The molecule has 0 aliphatic rings. The molecule has 0 aliphatic carbocycles. The maximum Gasteiger partial charge on any atom is 0.145 e. The van der Waals surface area contributed by atoms with E-state index in [1.54, 1.807) is 13.2 Å². The van der Waals surface area contributed by atoms with E-state index in [0.717, 1.165) is 12.6 Å². The summed E-state index contributed by atoms with van der Waals surface area (Å²) in [7, 11) is 1.55. The van der Waals surface area contributed by atoms with Gasteiger partial charge in [0.1, 0.15) is 12.6 Å². The lowest BCUT2D eigenvalue weighted by molar-refractivity contribution is -0.107. The summed E-state index contributed by atoms with van der Waals surface area (Å²) >= 11 is 0. The van der Waals surface area contributed by atoms with Crippen LogP contribution in [0.25, 0.3) is 0 Å². The van der Waals surface area contributed by atoms with Crippen LogP contribution in [0, 0.1) is 0 Å². The Hall–Kier alpha value is -0.960. The van der Waals surface area contributed by atoms with Crippen LogP contribution in [0.2, 0.25) is 0 Å². The molecule has 3 heteroatoms. The minimum Gasteiger partial charge on any atom is -0.381 e. The molecular weight excluding hydrogens is 144 g/mol. The molecule has 0 radical (unpaired) electrons. The van der Waals surface area contributed by atoms with Crippen molar-refractivity contribution in [3.8, 4) is 0 Å². The number of methoxy groups -OCH3 is 1. The Bertz CT molecular complexity index is 149. The molecule has 0 aromatic rings. The maximum absolute atomic E-state index is 10.3. The Morgan fingerprint density at radius 1 is 1.45 bits per heavy atom. The maximum atomic E-state index is 10.3. The van der Waals surface area contributed by atoms with Crippen molar-refractivity contribution >= 4 is 12.6 Å². The predicted octanol–water partition coefficient (Wildman–Crippen LogP) is 0.737. The standard InChI is InChI=1S/C8H12O3/c1-11-6-4-8(7-10)3-2-5-9/h4-5,7H,2-3,6H2,1H3/b8-4+. The van der Waals surface area contributed by atoms with E-state index in [1.165, 1.54) is 0 Å². The van der Waals surface area contributed by atoms with E-state index in [1.807, 2.05) is 0 Å². The Morgan fingerprint density at radius 2 is 2.18 bits per heavy atom. The van der Waals surface area contributed by atoms with E-state index >= 15 is 0 Å². The molecular formula is C8H12O3. The van der Waals surface area contributed by atoms with Gasteiger partial charge in [0, 0.05) is 13.5 Å². The predicted molar refractivity (Wildman–Crippen MR) is 41.3 cm³/mol. The smallest absolute Gasteiger partial charge is 0.145 e. The molecule has 0 aliphatic heterocycles. The van der Waals surface area contributed by atoms with Crippen LogP contribution in [-0.4, -0.2) is 26.3 Å². The van der Waals surface area contributed by atoms with Gasteiger partial charge in [-0.05, 0) is 12.0 Å². The van der Waals surface area contributed by atoms with Crippen molar-refractivity contribution in [2.24, 2.45) is 0 Å². The number of ether oxygens (including phenoxy) is 1. The zero-order valence-electron chi connectivity index (χ0n) is 6.58. The number of rotatable bonds is 6. The summed E-state index contributed by atoms with van der Waals surface area (Å²) in [6.45, 7) is 0.424. The van der Waals surface area contributed by atoms with Crippen LogP contribution in [0.4, 0.5) is 0 Å². The van der Waals surface area contributed by atoms with Gasteiger partial charge in [-0.25, -0.2) is 0 Å². The van der Waals surface area contributed by atoms with Crippen LogP contribution < -0.4 is 0 Å². The van der Waals surface area contributed by atoms with E-state index in [9.17, 15) is 9.59 Å². The monoisotopic (exact) mass is 156 g/mol. The van der Waals surface area contributed by atoms with Crippen LogP contribution in [0.3, 0.4) is 0 Å². The molecule has 0 N–H and O–H groups in total.